The van der Waals surface area contributed by atoms with Gasteiger partial charge < -0.3 is 5.73 Å². The fourth-order valence-electron chi connectivity index (χ4n) is 1.89. The second-order valence-electron chi connectivity index (χ2n) is 5.86. The van der Waals surface area contributed by atoms with E-state index in [2.05, 4.69) is 55.0 Å². The van der Waals surface area contributed by atoms with E-state index in [1.165, 1.54) is 5.56 Å². The molecule has 96 valence electrons. The van der Waals surface area contributed by atoms with E-state index in [4.69, 9.17) is 5.73 Å². The SMILES string of the molecule is CC(N)C1=NC(c2cccc(C(C)(C)C)c2)=NC1. The van der Waals surface area contributed by atoms with Gasteiger partial charge in [0.1, 0.15) is 0 Å². The van der Waals surface area contributed by atoms with Crippen LogP contribution in [-0.2, 0) is 5.41 Å². The van der Waals surface area contributed by atoms with Crippen molar-refractivity contribution in [1.29, 1.82) is 0 Å². The number of aliphatic imine (C=N–C) groups is 2. The molecule has 1 aromatic carbocycles. The summed E-state index contributed by atoms with van der Waals surface area (Å²) in [6.07, 6.45) is 0. The molecule has 0 aliphatic carbocycles. The fourth-order valence-corrected chi connectivity index (χ4v) is 1.89. The van der Waals surface area contributed by atoms with Crippen molar-refractivity contribution in [2.45, 2.75) is 39.2 Å². The van der Waals surface area contributed by atoms with Crippen molar-refractivity contribution in [3.05, 3.63) is 35.4 Å². The van der Waals surface area contributed by atoms with Crippen molar-refractivity contribution in [2.75, 3.05) is 6.54 Å². The highest BCUT2D eigenvalue weighted by molar-refractivity contribution is 6.13. The van der Waals surface area contributed by atoms with E-state index in [-0.39, 0.29) is 11.5 Å². The number of nitrogens with zero attached hydrogens (tertiary/aromatic N) is 2. The summed E-state index contributed by atoms with van der Waals surface area (Å²) in [4.78, 5) is 8.99. The molecule has 3 heteroatoms. The third-order valence-electron chi connectivity index (χ3n) is 3.15. The summed E-state index contributed by atoms with van der Waals surface area (Å²) in [5.74, 6) is 0.813. The van der Waals surface area contributed by atoms with Crippen LogP contribution in [0.25, 0.3) is 0 Å². The fraction of sp³-hybridized carbons (Fsp3) is 0.467. The standard InChI is InChI=1S/C15H21N3/c1-10(16)13-9-17-14(18-13)11-6-5-7-12(8-11)15(2,3)4/h5-8,10H,9,16H2,1-4H3. The Morgan fingerprint density at radius 1 is 1.28 bits per heavy atom. The van der Waals surface area contributed by atoms with E-state index in [1.54, 1.807) is 0 Å². The van der Waals surface area contributed by atoms with E-state index >= 15 is 0 Å². The topological polar surface area (TPSA) is 50.7 Å². The van der Waals surface area contributed by atoms with Crippen molar-refractivity contribution in [1.82, 2.24) is 0 Å². The largest absolute Gasteiger partial charge is 0.323 e. The van der Waals surface area contributed by atoms with Crippen molar-refractivity contribution >= 4 is 11.5 Å². The van der Waals surface area contributed by atoms with Crippen LogP contribution in [0.15, 0.2) is 34.3 Å². The van der Waals surface area contributed by atoms with Crippen LogP contribution in [0.3, 0.4) is 0 Å². The molecule has 1 unspecified atom stereocenters. The molecule has 0 bridgehead atoms. The molecule has 0 saturated carbocycles. The minimum absolute atomic E-state index is 0.0166. The Bertz CT molecular complexity index is 505. The third-order valence-corrected chi connectivity index (χ3v) is 3.15. The van der Waals surface area contributed by atoms with E-state index in [9.17, 15) is 0 Å². The molecule has 2 N–H and O–H groups in total. The zero-order valence-electron chi connectivity index (χ0n) is 11.6. The molecule has 3 nitrogen and oxygen atoms in total. The summed E-state index contributed by atoms with van der Waals surface area (Å²) in [7, 11) is 0. The number of nitrogens with two attached hydrogens (primary N) is 1. The second-order valence-corrected chi connectivity index (χ2v) is 5.86. The molecular formula is C15H21N3. The van der Waals surface area contributed by atoms with Gasteiger partial charge in [0, 0.05) is 11.6 Å². The van der Waals surface area contributed by atoms with Gasteiger partial charge in [-0.2, -0.15) is 0 Å². The van der Waals surface area contributed by atoms with E-state index in [1.807, 2.05) is 6.92 Å². The van der Waals surface area contributed by atoms with Gasteiger partial charge in [-0.25, -0.2) is 4.99 Å². The van der Waals surface area contributed by atoms with Gasteiger partial charge in [0.25, 0.3) is 0 Å². The van der Waals surface area contributed by atoms with Gasteiger partial charge in [-0.15, -0.1) is 0 Å². The summed E-state index contributed by atoms with van der Waals surface area (Å²) >= 11 is 0. The number of hydrogen-bond donors (Lipinski definition) is 1. The summed E-state index contributed by atoms with van der Waals surface area (Å²) < 4.78 is 0. The molecule has 1 aliphatic heterocycles. The van der Waals surface area contributed by atoms with E-state index in [0.29, 0.717) is 6.54 Å². The van der Waals surface area contributed by atoms with Gasteiger partial charge in [0.05, 0.1) is 12.3 Å². The maximum atomic E-state index is 5.83. The summed E-state index contributed by atoms with van der Waals surface area (Å²) in [5.41, 5.74) is 9.32. The van der Waals surface area contributed by atoms with Gasteiger partial charge in [0.2, 0.25) is 0 Å². The average Bonchev–Trinajstić information content (AvgIpc) is 2.77. The predicted octanol–water partition coefficient (Wildman–Crippen LogP) is 2.53. The highest BCUT2D eigenvalue weighted by atomic mass is 15.0. The normalized spacial score (nSPS) is 17.4. The molecule has 1 atom stereocenters. The third kappa shape index (κ3) is 2.67. The summed E-state index contributed by atoms with van der Waals surface area (Å²) in [5, 5.41) is 0. The zero-order chi connectivity index (χ0) is 13.3. The van der Waals surface area contributed by atoms with Crippen molar-refractivity contribution < 1.29 is 0 Å². The minimum Gasteiger partial charge on any atom is -0.323 e. The van der Waals surface area contributed by atoms with Crippen LogP contribution in [-0.4, -0.2) is 24.1 Å². The molecule has 0 radical (unpaired) electrons. The number of amidine groups is 1. The van der Waals surface area contributed by atoms with Crippen LogP contribution in [0, 0.1) is 0 Å². The van der Waals surface area contributed by atoms with Crippen LogP contribution in [0.5, 0.6) is 0 Å². The van der Waals surface area contributed by atoms with Crippen LogP contribution in [0.4, 0.5) is 0 Å². The molecule has 0 fully saturated rings. The Balaban J connectivity index is 2.31. The van der Waals surface area contributed by atoms with Crippen LogP contribution in [0.2, 0.25) is 0 Å². The Kier molecular flexibility index (Phi) is 3.35. The number of rotatable bonds is 2. The van der Waals surface area contributed by atoms with Gasteiger partial charge in [-0.3, -0.25) is 4.99 Å². The summed E-state index contributed by atoms with van der Waals surface area (Å²) in [6.45, 7) is 9.20. The number of benzene rings is 1. The second kappa shape index (κ2) is 4.65. The molecule has 0 spiro atoms. The maximum Gasteiger partial charge on any atom is 0.154 e. The molecule has 1 heterocycles. The van der Waals surface area contributed by atoms with E-state index < -0.39 is 0 Å². The number of hydrogen-bond acceptors (Lipinski definition) is 3. The van der Waals surface area contributed by atoms with Gasteiger partial charge in [-0.1, -0.05) is 39.0 Å². The molecule has 2 rings (SSSR count). The minimum atomic E-state index is -0.0166. The molecule has 0 amide bonds. The van der Waals surface area contributed by atoms with Crippen molar-refractivity contribution in [3.8, 4) is 0 Å². The smallest absolute Gasteiger partial charge is 0.154 e. The van der Waals surface area contributed by atoms with Crippen LogP contribution >= 0.6 is 0 Å². The maximum absolute atomic E-state index is 5.83. The first-order valence-corrected chi connectivity index (χ1v) is 6.36. The van der Waals surface area contributed by atoms with E-state index in [0.717, 1.165) is 17.1 Å². The lowest BCUT2D eigenvalue weighted by Gasteiger charge is -2.19. The van der Waals surface area contributed by atoms with Crippen LogP contribution < -0.4 is 5.73 Å². The lowest BCUT2D eigenvalue weighted by molar-refractivity contribution is 0.590. The molecule has 1 aromatic rings. The highest BCUT2D eigenvalue weighted by Gasteiger charge is 2.18. The lowest BCUT2D eigenvalue weighted by Crippen LogP contribution is -2.27. The Morgan fingerprint density at radius 3 is 2.56 bits per heavy atom. The molecule has 18 heavy (non-hydrogen) atoms. The molecule has 0 saturated heterocycles. The first-order chi connectivity index (χ1) is 8.38. The Labute approximate surface area is 109 Å². The first-order valence-electron chi connectivity index (χ1n) is 6.36. The quantitative estimate of drug-likeness (QED) is 0.852. The monoisotopic (exact) mass is 243 g/mol. The van der Waals surface area contributed by atoms with Crippen molar-refractivity contribution in [3.63, 3.8) is 0 Å². The zero-order valence-corrected chi connectivity index (χ0v) is 11.6. The van der Waals surface area contributed by atoms with Crippen molar-refractivity contribution in [2.24, 2.45) is 15.7 Å². The average molecular weight is 243 g/mol. The van der Waals surface area contributed by atoms with Gasteiger partial charge in [-0.05, 0) is 24.0 Å². The lowest BCUT2D eigenvalue weighted by atomic mass is 9.86. The van der Waals surface area contributed by atoms with Crippen LogP contribution in [0.1, 0.15) is 38.8 Å². The first kappa shape index (κ1) is 13.0. The summed E-state index contributed by atoms with van der Waals surface area (Å²) in [6, 6.07) is 8.43. The Hall–Kier alpha value is -1.48. The molecular weight excluding hydrogens is 222 g/mol. The van der Waals surface area contributed by atoms with Gasteiger partial charge in [0.15, 0.2) is 5.84 Å². The molecule has 0 aromatic heterocycles. The Morgan fingerprint density at radius 2 is 2.00 bits per heavy atom. The van der Waals surface area contributed by atoms with Gasteiger partial charge >= 0.3 is 0 Å². The predicted molar refractivity (Wildman–Crippen MR) is 77.6 cm³/mol. The highest BCUT2D eigenvalue weighted by Crippen LogP contribution is 2.23. The molecule has 1 aliphatic rings.